The van der Waals surface area contributed by atoms with Crippen LogP contribution in [0.2, 0.25) is 0 Å². The fourth-order valence-corrected chi connectivity index (χ4v) is 1.64. The van der Waals surface area contributed by atoms with Gasteiger partial charge < -0.3 is 9.55 Å². The van der Waals surface area contributed by atoms with E-state index in [9.17, 15) is 0 Å². The van der Waals surface area contributed by atoms with Gasteiger partial charge in [-0.15, -0.1) is 0 Å². The molecule has 13 heavy (non-hydrogen) atoms. The number of nitrogens with one attached hydrogen (secondary N) is 1. The first-order valence-corrected chi connectivity index (χ1v) is 4.30. The van der Waals surface area contributed by atoms with Crippen molar-refractivity contribution in [3.05, 3.63) is 41.0 Å². The van der Waals surface area contributed by atoms with Crippen LogP contribution >= 0.6 is 0 Å². The number of imidazole rings is 1. The highest BCUT2D eigenvalue weighted by atomic mass is 15.0. The number of aromatic amines is 1. The van der Waals surface area contributed by atoms with Crippen LogP contribution in [-0.2, 0) is 6.54 Å². The topological polar surface area (TPSA) is 33.6 Å². The Morgan fingerprint density at radius 2 is 2.46 bits per heavy atom. The molecule has 3 heterocycles. The van der Waals surface area contributed by atoms with Crippen LogP contribution in [0.1, 0.15) is 5.82 Å². The smallest absolute Gasteiger partial charge is 0.133 e. The normalized spacial score (nSPS) is 13.5. The summed E-state index contributed by atoms with van der Waals surface area (Å²) in [5, 5.41) is 2.40. The minimum absolute atomic E-state index is 0.888. The van der Waals surface area contributed by atoms with Gasteiger partial charge in [-0.2, -0.15) is 0 Å². The highest BCUT2D eigenvalue weighted by molar-refractivity contribution is 5.45. The summed E-state index contributed by atoms with van der Waals surface area (Å²) in [5.41, 5.74) is 0. The highest BCUT2D eigenvalue weighted by Crippen LogP contribution is 1.99. The molecular weight excluding hydrogens is 162 g/mol. The van der Waals surface area contributed by atoms with Gasteiger partial charge in [0.2, 0.25) is 0 Å². The molecule has 1 aliphatic rings. The fourth-order valence-electron chi connectivity index (χ4n) is 1.64. The molecule has 3 nitrogen and oxygen atoms in total. The van der Waals surface area contributed by atoms with Crippen molar-refractivity contribution >= 4 is 12.2 Å². The molecule has 1 aliphatic heterocycles. The number of rotatable bonds is 0. The number of hydrogen-bond acceptors (Lipinski definition) is 1. The molecule has 0 saturated heterocycles. The average molecular weight is 171 g/mol. The molecule has 2 aromatic rings. The summed E-state index contributed by atoms with van der Waals surface area (Å²) in [4.78, 5) is 7.46. The van der Waals surface area contributed by atoms with Crippen molar-refractivity contribution in [1.29, 1.82) is 0 Å². The first-order chi connectivity index (χ1) is 6.43. The third kappa shape index (κ3) is 0.935. The van der Waals surface area contributed by atoms with E-state index in [1.54, 1.807) is 0 Å². The van der Waals surface area contributed by atoms with Crippen LogP contribution in [0, 0.1) is 0 Å². The maximum absolute atomic E-state index is 4.27. The SMILES string of the molecule is C1=c2cc[nH]c2=CCn2ccnc21. The van der Waals surface area contributed by atoms with E-state index in [1.807, 2.05) is 18.6 Å². The maximum atomic E-state index is 4.27. The second-order valence-electron chi connectivity index (χ2n) is 3.13. The Labute approximate surface area is 75.0 Å². The molecule has 0 spiro atoms. The van der Waals surface area contributed by atoms with E-state index in [-0.39, 0.29) is 0 Å². The summed E-state index contributed by atoms with van der Waals surface area (Å²) < 4.78 is 2.12. The molecule has 0 saturated carbocycles. The first kappa shape index (κ1) is 6.71. The number of hydrogen-bond donors (Lipinski definition) is 1. The minimum atomic E-state index is 0.888. The van der Waals surface area contributed by atoms with Crippen LogP contribution in [0.3, 0.4) is 0 Å². The predicted octanol–water partition coefficient (Wildman–Crippen LogP) is -0.166. The molecule has 3 rings (SSSR count). The van der Waals surface area contributed by atoms with Crippen molar-refractivity contribution < 1.29 is 0 Å². The van der Waals surface area contributed by atoms with Crippen LogP contribution in [0.15, 0.2) is 24.7 Å². The van der Waals surface area contributed by atoms with Gasteiger partial charge >= 0.3 is 0 Å². The van der Waals surface area contributed by atoms with E-state index in [1.165, 1.54) is 10.6 Å². The molecule has 0 unspecified atom stereocenters. The fraction of sp³-hybridized carbons (Fsp3) is 0.100. The van der Waals surface area contributed by atoms with Crippen molar-refractivity contribution in [2.75, 3.05) is 0 Å². The quantitative estimate of drug-likeness (QED) is 0.587. The standard InChI is InChI=1S/C10H9N3/c1-3-11-9-2-5-13-6-4-12-10(13)7-8(1)9/h1-4,6-7,11H,5H2. The van der Waals surface area contributed by atoms with Gasteiger partial charge in [0.15, 0.2) is 0 Å². The molecule has 0 fully saturated rings. The van der Waals surface area contributed by atoms with Crippen LogP contribution < -0.4 is 10.6 Å². The summed E-state index contributed by atoms with van der Waals surface area (Å²) in [6.07, 6.45) is 10.0. The average Bonchev–Trinajstić information content (AvgIpc) is 2.72. The van der Waals surface area contributed by atoms with E-state index in [4.69, 9.17) is 0 Å². The zero-order valence-corrected chi connectivity index (χ0v) is 7.07. The Morgan fingerprint density at radius 1 is 1.46 bits per heavy atom. The number of nitrogens with zero attached hydrogens (tertiary/aromatic N) is 2. The van der Waals surface area contributed by atoms with Crippen molar-refractivity contribution in [2.45, 2.75) is 6.54 Å². The number of aromatic nitrogens is 3. The Balaban J connectivity index is 2.40. The van der Waals surface area contributed by atoms with Gasteiger partial charge in [0.05, 0.1) is 0 Å². The lowest BCUT2D eigenvalue weighted by atomic mass is 10.4. The molecule has 0 aromatic carbocycles. The Kier molecular flexibility index (Phi) is 1.22. The molecule has 1 N–H and O–H groups in total. The molecule has 0 amide bonds. The zero-order chi connectivity index (χ0) is 8.67. The first-order valence-electron chi connectivity index (χ1n) is 4.30. The van der Waals surface area contributed by atoms with Crippen LogP contribution in [0.4, 0.5) is 0 Å². The number of fused-ring (bicyclic) bond motifs is 2. The van der Waals surface area contributed by atoms with Crippen LogP contribution in [0.25, 0.3) is 12.2 Å². The van der Waals surface area contributed by atoms with E-state index >= 15 is 0 Å². The molecule has 0 atom stereocenters. The summed E-state index contributed by atoms with van der Waals surface area (Å²) in [5.74, 6) is 1.02. The lowest BCUT2D eigenvalue weighted by Crippen LogP contribution is -2.21. The van der Waals surface area contributed by atoms with E-state index < -0.39 is 0 Å². The monoisotopic (exact) mass is 171 g/mol. The van der Waals surface area contributed by atoms with Gasteiger partial charge in [-0.3, -0.25) is 0 Å². The van der Waals surface area contributed by atoms with Gasteiger partial charge in [0.1, 0.15) is 5.82 Å². The molecular formula is C10H9N3. The van der Waals surface area contributed by atoms with Gasteiger partial charge in [-0.25, -0.2) is 4.98 Å². The lowest BCUT2D eigenvalue weighted by molar-refractivity contribution is 0.836. The van der Waals surface area contributed by atoms with Crippen molar-refractivity contribution in [3.8, 4) is 0 Å². The van der Waals surface area contributed by atoms with Crippen molar-refractivity contribution in [2.24, 2.45) is 0 Å². The Hall–Kier alpha value is -1.77. The van der Waals surface area contributed by atoms with E-state index in [0.29, 0.717) is 0 Å². The largest absolute Gasteiger partial charge is 0.361 e. The summed E-state index contributed by atoms with van der Waals surface area (Å²) in [7, 11) is 0. The van der Waals surface area contributed by atoms with Gasteiger partial charge in [-0.1, -0.05) is 0 Å². The Morgan fingerprint density at radius 3 is 3.46 bits per heavy atom. The zero-order valence-electron chi connectivity index (χ0n) is 7.07. The maximum Gasteiger partial charge on any atom is 0.133 e. The summed E-state index contributed by atoms with van der Waals surface area (Å²) >= 11 is 0. The molecule has 64 valence electrons. The van der Waals surface area contributed by atoms with Gasteiger partial charge in [0, 0.05) is 35.7 Å². The third-order valence-corrected chi connectivity index (χ3v) is 2.34. The van der Waals surface area contributed by atoms with E-state index in [2.05, 4.69) is 32.8 Å². The minimum Gasteiger partial charge on any atom is -0.361 e. The second-order valence-corrected chi connectivity index (χ2v) is 3.13. The molecule has 0 bridgehead atoms. The van der Waals surface area contributed by atoms with E-state index in [0.717, 1.165) is 12.4 Å². The van der Waals surface area contributed by atoms with Crippen molar-refractivity contribution in [3.63, 3.8) is 0 Å². The predicted molar refractivity (Wildman–Crippen MR) is 50.3 cm³/mol. The molecule has 3 heteroatoms. The molecule has 2 aromatic heterocycles. The molecule has 0 radical (unpaired) electrons. The lowest BCUT2D eigenvalue weighted by Gasteiger charge is -1.96. The second kappa shape index (κ2) is 2.36. The number of H-pyrrole nitrogens is 1. The molecule has 0 aliphatic carbocycles. The highest BCUT2D eigenvalue weighted by Gasteiger charge is 2.01. The van der Waals surface area contributed by atoms with Crippen molar-refractivity contribution in [1.82, 2.24) is 14.5 Å². The van der Waals surface area contributed by atoms with Gasteiger partial charge in [-0.05, 0) is 18.2 Å². The Bertz CT molecular complexity index is 545. The third-order valence-electron chi connectivity index (χ3n) is 2.34. The van der Waals surface area contributed by atoms with Crippen LogP contribution in [-0.4, -0.2) is 14.5 Å². The van der Waals surface area contributed by atoms with Crippen LogP contribution in [0.5, 0.6) is 0 Å². The summed E-state index contributed by atoms with van der Waals surface area (Å²) in [6.45, 7) is 0.888. The summed E-state index contributed by atoms with van der Waals surface area (Å²) in [6, 6.07) is 2.07. The van der Waals surface area contributed by atoms with Gasteiger partial charge in [0.25, 0.3) is 0 Å².